The molecule has 14 aromatic rings. The van der Waals surface area contributed by atoms with Gasteiger partial charge < -0.3 is 33.2 Å². The molecule has 0 amide bonds. The van der Waals surface area contributed by atoms with Crippen LogP contribution in [-0.4, -0.2) is 125 Å². The van der Waals surface area contributed by atoms with Crippen LogP contribution in [0.15, 0.2) is 231 Å². The highest BCUT2D eigenvalue weighted by Crippen LogP contribution is 2.35. The molecule has 14 rings (SSSR count). The molecule has 0 N–H and O–H groups in total. The number of hydrogen-bond acceptors (Lipinski definition) is 22. The van der Waals surface area contributed by atoms with Crippen LogP contribution in [-0.2, 0) is 6.18 Å². The summed E-state index contributed by atoms with van der Waals surface area (Å²) in [6.07, 6.45) is 5.71. The summed E-state index contributed by atoms with van der Waals surface area (Å²) in [4.78, 5) is 47.2. The van der Waals surface area contributed by atoms with Crippen molar-refractivity contribution in [3.05, 3.63) is 288 Å². The predicted molar refractivity (Wildman–Crippen MR) is 489 cm³/mol. The van der Waals surface area contributed by atoms with Gasteiger partial charge in [-0.3, -0.25) is 34.9 Å². The number of methoxy groups -OCH3 is 7. The normalized spacial score (nSPS) is 10.8. The average Bonchev–Trinajstić information content (AvgIpc) is 0.809. The molecule has 0 aliphatic carbocycles. The van der Waals surface area contributed by atoms with Crippen molar-refractivity contribution in [1.82, 2.24) is 75.2 Å². The molecule has 1 aromatic carbocycles. The molecule has 0 fully saturated rings. The molecule has 0 saturated carbocycles. The van der Waals surface area contributed by atoms with E-state index in [4.69, 9.17) is 38.1 Å². The zero-order valence-corrected chi connectivity index (χ0v) is 75.7. The third-order valence-electron chi connectivity index (χ3n) is 19.2. The summed E-state index contributed by atoms with van der Waals surface area (Å²) < 4.78 is 73.8. The van der Waals surface area contributed by atoms with Gasteiger partial charge in [-0.2, -0.15) is 33.5 Å². The first kappa shape index (κ1) is 96.9. The van der Waals surface area contributed by atoms with Crippen LogP contribution in [0.1, 0.15) is 195 Å². The van der Waals surface area contributed by atoms with Crippen molar-refractivity contribution in [2.45, 2.75) is 158 Å². The molecule has 22 nitrogen and oxygen atoms in total. The smallest absolute Gasteiger partial charge is 0.433 e. The number of halogens is 3. The summed E-state index contributed by atoms with van der Waals surface area (Å²) in [7, 11) is 11.3. The van der Waals surface area contributed by atoms with E-state index in [9.17, 15) is 13.2 Å². The maximum Gasteiger partial charge on any atom is 0.433 e. The van der Waals surface area contributed by atoms with E-state index in [2.05, 4.69) is 197 Å². The topological polar surface area (TPSA) is 258 Å². The van der Waals surface area contributed by atoms with Crippen molar-refractivity contribution in [2.75, 3.05) is 49.8 Å². The lowest BCUT2D eigenvalue weighted by Crippen LogP contribution is -2.07. The van der Waals surface area contributed by atoms with Crippen LogP contribution in [0.4, 0.5) is 13.2 Å². The molecule has 13 heterocycles. The van der Waals surface area contributed by atoms with Crippen LogP contribution >= 0.6 is 0 Å². The second-order valence-electron chi connectivity index (χ2n) is 30.8. The monoisotopic (exact) mass is 1690 g/mol. The van der Waals surface area contributed by atoms with E-state index in [1.807, 2.05) is 167 Å². The van der Waals surface area contributed by atoms with E-state index in [0.717, 1.165) is 131 Å². The Bertz CT molecular complexity index is 5520. The van der Waals surface area contributed by atoms with E-state index in [0.29, 0.717) is 76.2 Å². The maximum absolute atomic E-state index is 12.6. The molecule has 0 unspecified atom stereocenters. The summed E-state index contributed by atoms with van der Waals surface area (Å²) in [5, 5.41) is 16.8. The predicted octanol–water partition coefficient (Wildman–Crippen LogP) is 24.0. The number of rotatable bonds is 21. The highest BCUT2D eigenvalue weighted by atomic mass is 19.4. The second kappa shape index (κ2) is 47.7. The first-order valence-corrected chi connectivity index (χ1v) is 41.2. The summed E-state index contributed by atoms with van der Waals surface area (Å²) >= 11 is 0. The Morgan fingerprint density at radius 3 is 1.12 bits per heavy atom. The molecule has 13 aromatic heterocycles. The summed E-state index contributed by atoms with van der Waals surface area (Å²) in [6, 6.07) is 61.4. The van der Waals surface area contributed by atoms with E-state index in [-0.39, 0.29) is 5.92 Å². The van der Waals surface area contributed by atoms with Gasteiger partial charge >= 0.3 is 6.18 Å². The molecule has 125 heavy (non-hydrogen) atoms. The first-order valence-electron chi connectivity index (χ1n) is 41.2. The van der Waals surface area contributed by atoms with Crippen molar-refractivity contribution >= 4 is 0 Å². The lowest BCUT2D eigenvalue weighted by atomic mass is 10.0. The van der Waals surface area contributed by atoms with Crippen LogP contribution in [0, 0.1) is 13.8 Å². The van der Waals surface area contributed by atoms with Gasteiger partial charge in [-0.25, -0.2) is 15.0 Å². The number of aromatic nitrogens is 15. The number of alkyl halides is 3. The molecule has 0 bridgehead atoms. The van der Waals surface area contributed by atoms with Crippen molar-refractivity contribution in [2.24, 2.45) is 0 Å². The standard InChI is InChI=1S/C16H19NO.C15H18N2O2.C14H13F3N2.C14H17N3O.2C14H16N2O.C13H15N3O/c1-11(2)15-6-5-7-16(17-15)14-9-8-13(18-4)10-12(14)3;1-10(2)13-7-5-11(9-16-13)12-6-8-14(18-3)17-15(12)19-4;1-9(2)11-4-3-5-12(19-11)10-6-7-18-13(8-10)14(15,16)17;1-9(2)12-7-8-13(17-16-12)11-6-5-10(3)15-14(11)18-4;1-10(2)13-6-4-11(8-15-13)12-5-7-14(17-3)16-9-12;1-10(2)12-5-4-6-13(16-12)11-7-8-14(17-3)15-9-11;1-9(2)11-6-7-13(16-15-11)12-5-4-10(17-3)8-14-12/h5-11H,1-4H3;5-10H,1-4H3;3-9H,1-2H3;5-9H,1-4H3;2*4-10H,1-3H3;4-9H,1-3H3. The lowest BCUT2D eigenvalue weighted by molar-refractivity contribution is -0.141. The van der Waals surface area contributed by atoms with Gasteiger partial charge in [0.2, 0.25) is 29.4 Å². The van der Waals surface area contributed by atoms with Crippen LogP contribution in [0.2, 0.25) is 0 Å². The average molecular weight is 1700 g/mol. The molecule has 0 aliphatic heterocycles. The van der Waals surface area contributed by atoms with Gasteiger partial charge in [0.05, 0.1) is 101 Å². The Morgan fingerprint density at radius 2 is 0.688 bits per heavy atom. The second-order valence-corrected chi connectivity index (χ2v) is 30.8. The Hall–Kier alpha value is -13.6. The van der Waals surface area contributed by atoms with Gasteiger partial charge in [0.25, 0.3) is 0 Å². The van der Waals surface area contributed by atoms with E-state index in [1.165, 1.54) is 17.2 Å². The molecule has 0 radical (unpaired) electrons. The van der Waals surface area contributed by atoms with Crippen LogP contribution in [0.3, 0.4) is 0 Å². The minimum Gasteiger partial charge on any atom is -0.497 e. The van der Waals surface area contributed by atoms with Crippen molar-refractivity contribution in [1.29, 1.82) is 0 Å². The number of nitrogens with zero attached hydrogens (tertiary/aromatic N) is 15. The molecule has 0 saturated heterocycles. The molecule has 0 spiro atoms. The van der Waals surface area contributed by atoms with Crippen molar-refractivity contribution in [3.8, 4) is 120 Å². The first-order chi connectivity index (χ1) is 59.9. The summed E-state index contributed by atoms with van der Waals surface area (Å²) in [6.45, 7) is 33.5. The minimum atomic E-state index is -4.44. The third kappa shape index (κ3) is 29.0. The highest BCUT2D eigenvalue weighted by molar-refractivity contribution is 5.70. The van der Waals surface area contributed by atoms with Crippen molar-refractivity contribution in [3.63, 3.8) is 0 Å². The number of aryl methyl sites for hydroxylation is 2. The molecule has 0 atom stereocenters. The van der Waals surface area contributed by atoms with Crippen LogP contribution < -0.4 is 33.2 Å². The van der Waals surface area contributed by atoms with E-state index in [1.54, 1.807) is 80.5 Å². The zero-order chi connectivity index (χ0) is 90.9. The fourth-order valence-corrected chi connectivity index (χ4v) is 11.8. The number of benzene rings is 1. The Labute approximate surface area is 733 Å². The van der Waals surface area contributed by atoms with Gasteiger partial charge in [0, 0.05) is 122 Å². The van der Waals surface area contributed by atoms with Gasteiger partial charge in [-0.15, -0.1) is 5.10 Å². The molecular weight excluding hydrogens is 1580 g/mol. The fourth-order valence-electron chi connectivity index (χ4n) is 11.8. The van der Waals surface area contributed by atoms with E-state index < -0.39 is 11.9 Å². The maximum atomic E-state index is 12.6. The zero-order valence-electron chi connectivity index (χ0n) is 75.7. The Balaban J connectivity index is 0.000000181. The quantitative estimate of drug-likeness (QED) is 0.0647. The number of pyridine rings is 11. The van der Waals surface area contributed by atoms with Crippen molar-refractivity contribution < 1.29 is 46.3 Å². The minimum absolute atomic E-state index is 0.226. The molecular formula is C100H114F3N15O7. The van der Waals surface area contributed by atoms with Gasteiger partial charge in [-0.05, 0) is 206 Å². The fraction of sp³-hybridized carbons (Fsp3) is 0.310. The van der Waals surface area contributed by atoms with Crippen LogP contribution in [0.5, 0.6) is 40.9 Å². The Morgan fingerprint density at radius 1 is 0.264 bits per heavy atom. The van der Waals surface area contributed by atoms with Gasteiger partial charge in [-0.1, -0.05) is 127 Å². The SMILES string of the molecule is CC(C)c1cccc(-c2ccnc(C(F)(F)F)c2)n1.COc1ccc(-c2ccc(C(C)C)nc2)c(OC)n1.COc1ccc(-c2ccc(C(C)C)nc2)cn1.COc1ccc(-c2ccc(C(C)C)nn2)nc1.COc1ccc(-c2cccc(C(C)C)n2)c(C)c1.COc1ccc(-c2cccc(C(C)C)n2)cn1.COc1nc(C)ccc1-c1ccc(C(C)C)nn1. The molecule has 652 valence electrons. The summed E-state index contributed by atoms with van der Waals surface area (Å²) in [5.41, 5.74) is 20.8. The van der Waals surface area contributed by atoms with Gasteiger partial charge in [0.15, 0.2) is 0 Å². The highest BCUT2D eigenvalue weighted by Gasteiger charge is 2.33. The Kier molecular flexibility index (Phi) is 37.0. The van der Waals surface area contributed by atoms with E-state index >= 15 is 0 Å². The lowest BCUT2D eigenvalue weighted by Gasteiger charge is -2.10. The molecule has 25 heteroatoms. The van der Waals surface area contributed by atoms with Crippen LogP contribution in [0.25, 0.3) is 78.7 Å². The number of ether oxygens (including phenoxy) is 7. The number of hydrogen-bond donors (Lipinski definition) is 0. The molecule has 0 aliphatic rings. The largest absolute Gasteiger partial charge is 0.497 e. The van der Waals surface area contributed by atoms with Gasteiger partial charge in [0.1, 0.15) is 22.9 Å². The summed E-state index contributed by atoms with van der Waals surface area (Å²) in [5.74, 6) is 7.28. The third-order valence-corrected chi connectivity index (χ3v) is 19.2.